The number of rotatable bonds is 2. The van der Waals surface area contributed by atoms with Crippen LogP contribution < -0.4 is 0 Å². The highest BCUT2D eigenvalue weighted by molar-refractivity contribution is 5.20. The van der Waals surface area contributed by atoms with Crippen molar-refractivity contribution in [1.82, 2.24) is 4.90 Å². The van der Waals surface area contributed by atoms with Crippen LogP contribution in [0.1, 0.15) is 45.6 Å². The molecule has 2 bridgehead atoms. The van der Waals surface area contributed by atoms with Crippen LogP contribution in [0.25, 0.3) is 0 Å². The summed E-state index contributed by atoms with van der Waals surface area (Å²) < 4.78 is 27.7. The molecule has 2 fully saturated rings. The minimum absolute atomic E-state index is 0.224. The average molecular weight is 279 g/mol. The van der Waals surface area contributed by atoms with Crippen LogP contribution in [0, 0.1) is 22.5 Å². The van der Waals surface area contributed by atoms with Gasteiger partial charge in [-0.25, -0.2) is 8.78 Å². The normalized spacial score (nSPS) is 32.5. The molecule has 0 unspecified atom stereocenters. The summed E-state index contributed by atoms with van der Waals surface area (Å²) in [6.07, 6.45) is 3.48. The zero-order valence-corrected chi connectivity index (χ0v) is 12.5. The Morgan fingerprint density at radius 1 is 1.15 bits per heavy atom. The van der Waals surface area contributed by atoms with Gasteiger partial charge in [0.05, 0.1) is 0 Å². The minimum atomic E-state index is -0.420. The van der Waals surface area contributed by atoms with Crippen molar-refractivity contribution in [3.63, 3.8) is 0 Å². The second-order valence-corrected chi connectivity index (χ2v) is 7.82. The van der Waals surface area contributed by atoms with Crippen molar-refractivity contribution in [2.75, 3.05) is 6.54 Å². The van der Waals surface area contributed by atoms with Gasteiger partial charge in [-0.1, -0.05) is 26.8 Å². The van der Waals surface area contributed by atoms with Gasteiger partial charge in [-0.2, -0.15) is 0 Å². The van der Waals surface area contributed by atoms with Crippen LogP contribution >= 0.6 is 0 Å². The van der Waals surface area contributed by atoms with Crippen LogP contribution in [0.15, 0.2) is 18.2 Å². The highest BCUT2D eigenvalue weighted by Crippen LogP contribution is 2.52. The molecule has 1 heterocycles. The van der Waals surface area contributed by atoms with Crippen LogP contribution in [0.5, 0.6) is 0 Å². The summed E-state index contributed by atoms with van der Waals surface area (Å²) in [4.78, 5) is 2.29. The lowest BCUT2D eigenvalue weighted by Gasteiger charge is -2.40. The van der Waals surface area contributed by atoms with E-state index in [0.29, 0.717) is 23.4 Å². The molecule has 1 aliphatic carbocycles. The van der Waals surface area contributed by atoms with Crippen molar-refractivity contribution in [2.24, 2.45) is 10.8 Å². The second-order valence-electron chi connectivity index (χ2n) is 7.82. The molecule has 0 radical (unpaired) electrons. The van der Waals surface area contributed by atoms with Crippen LogP contribution in [0.3, 0.4) is 0 Å². The Kier molecular flexibility index (Phi) is 3.16. The van der Waals surface area contributed by atoms with E-state index in [-0.39, 0.29) is 5.56 Å². The molecule has 0 amide bonds. The fourth-order valence-electron chi connectivity index (χ4n) is 4.65. The van der Waals surface area contributed by atoms with E-state index in [2.05, 4.69) is 25.7 Å². The number of nitrogens with zero attached hydrogens (tertiary/aromatic N) is 1. The number of hydrogen-bond donors (Lipinski definition) is 0. The van der Waals surface area contributed by atoms with Crippen molar-refractivity contribution >= 4 is 0 Å². The number of hydrogen-bond acceptors (Lipinski definition) is 1. The monoisotopic (exact) mass is 279 g/mol. The maximum atomic E-state index is 13.8. The first-order valence-electron chi connectivity index (χ1n) is 7.45. The summed E-state index contributed by atoms with van der Waals surface area (Å²) >= 11 is 0. The number of benzene rings is 1. The third-order valence-electron chi connectivity index (χ3n) is 4.95. The fraction of sp³-hybridized carbons (Fsp3) is 0.647. The quantitative estimate of drug-likeness (QED) is 0.777. The van der Waals surface area contributed by atoms with Crippen LogP contribution in [0.2, 0.25) is 0 Å². The first kappa shape index (κ1) is 14.0. The van der Waals surface area contributed by atoms with E-state index in [0.717, 1.165) is 19.4 Å². The lowest BCUT2D eigenvalue weighted by Crippen LogP contribution is -2.34. The minimum Gasteiger partial charge on any atom is -0.295 e. The van der Waals surface area contributed by atoms with Gasteiger partial charge in [-0.05, 0) is 42.2 Å². The van der Waals surface area contributed by atoms with E-state index >= 15 is 0 Å². The SMILES string of the molecule is CC1(C)C[C@@H]2C[C@](C)(CN2Cc2c(F)cccc2F)C1. The molecule has 2 aliphatic rings. The highest BCUT2D eigenvalue weighted by atomic mass is 19.1. The van der Waals surface area contributed by atoms with E-state index in [1.807, 2.05) is 0 Å². The fourth-order valence-corrected chi connectivity index (χ4v) is 4.65. The number of fused-ring (bicyclic) bond motifs is 2. The first-order valence-corrected chi connectivity index (χ1v) is 7.45. The molecule has 1 aromatic rings. The summed E-state index contributed by atoms with van der Waals surface area (Å²) in [5, 5.41) is 0. The average Bonchev–Trinajstić information content (AvgIpc) is 2.53. The highest BCUT2D eigenvalue weighted by Gasteiger charge is 2.49. The van der Waals surface area contributed by atoms with Crippen LogP contribution in [-0.2, 0) is 6.54 Å². The molecule has 1 saturated heterocycles. The summed E-state index contributed by atoms with van der Waals surface area (Å²) in [6, 6.07) is 4.60. The molecule has 3 heteroatoms. The zero-order chi connectivity index (χ0) is 14.5. The van der Waals surface area contributed by atoms with Crippen molar-refractivity contribution < 1.29 is 8.78 Å². The van der Waals surface area contributed by atoms with E-state index in [1.165, 1.54) is 24.6 Å². The maximum Gasteiger partial charge on any atom is 0.130 e. The predicted molar refractivity (Wildman–Crippen MR) is 76.3 cm³/mol. The topological polar surface area (TPSA) is 3.24 Å². The lowest BCUT2D eigenvalue weighted by molar-refractivity contribution is 0.126. The molecule has 1 aromatic carbocycles. The molecule has 110 valence electrons. The second kappa shape index (κ2) is 4.52. The molecule has 1 saturated carbocycles. The number of likely N-dealkylation sites (tertiary alicyclic amines) is 1. The lowest BCUT2D eigenvalue weighted by atomic mass is 9.65. The van der Waals surface area contributed by atoms with Gasteiger partial charge in [0.1, 0.15) is 11.6 Å². The van der Waals surface area contributed by atoms with Gasteiger partial charge in [0.25, 0.3) is 0 Å². The molecule has 20 heavy (non-hydrogen) atoms. The van der Waals surface area contributed by atoms with Crippen molar-refractivity contribution in [3.05, 3.63) is 35.4 Å². The van der Waals surface area contributed by atoms with Gasteiger partial charge in [0, 0.05) is 24.7 Å². The molecule has 0 spiro atoms. The Balaban J connectivity index is 1.83. The van der Waals surface area contributed by atoms with Gasteiger partial charge in [0.2, 0.25) is 0 Å². The summed E-state index contributed by atoms with van der Waals surface area (Å²) in [7, 11) is 0. The van der Waals surface area contributed by atoms with Crippen LogP contribution in [-0.4, -0.2) is 17.5 Å². The predicted octanol–water partition coefficient (Wildman–Crippen LogP) is 4.37. The Morgan fingerprint density at radius 2 is 1.80 bits per heavy atom. The van der Waals surface area contributed by atoms with Gasteiger partial charge in [0.15, 0.2) is 0 Å². The van der Waals surface area contributed by atoms with E-state index < -0.39 is 11.6 Å². The molecule has 3 rings (SSSR count). The van der Waals surface area contributed by atoms with Gasteiger partial charge in [-0.3, -0.25) is 4.90 Å². The van der Waals surface area contributed by atoms with Crippen molar-refractivity contribution in [2.45, 2.75) is 52.6 Å². The summed E-state index contributed by atoms with van der Waals surface area (Å²) in [6.45, 7) is 8.29. The van der Waals surface area contributed by atoms with Gasteiger partial charge in [-0.15, -0.1) is 0 Å². The molecule has 0 aromatic heterocycles. The zero-order valence-electron chi connectivity index (χ0n) is 12.5. The molecule has 1 aliphatic heterocycles. The third-order valence-corrected chi connectivity index (χ3v) is 4.95. The smallest absolute Gasteiger partial charge is 0.130 e. The van der Waals surface area contributed by atoms with Gasteiger partial charge >= 0.3 is 0 Å². The van der Waals surface area contributed by atoms with E-state index in [1.54, 1.807) is 0 Å². The molecular formula is C17H23F2N. The molecule has 2 atom stereocenters. The van der Waals surface area contributed by atoms with Crippen molar-refractivity contribution in [1.29, 1.82) is 0 Å². The van der Waals surface area contributed by atoms with Crippen molar-refractivity contribution in [3.8, 4) is 0 Å². The van der Waals surface area contributed by atoms with Crippen LogP contribution in [0.4, 0.5) is 8.78 Å². The largest absolute Gasteiger partial charge is 0.295 e. The first-order chi connectivity index (χ1) is 9.28. The Labute approximate surface area is 120 Å². The van der Waals surface area contributed by atoms with E-state index in [9.17, 15) is 8.78 Å². The molecular weight excluding hydrogens is 256 g/mol. The summed E-state index contributed by atoms with van der Waals surface area (Å²) in [5.74, 6) is -0.841. The standard InChI is InChI=1S/C17H23F2N/c1-16(2)7-12-8-17(3,10-16)11-20(12)9-13-14(18)5-4-6-15(13)19/h4-6,12H,7-11H2,1-3H3/t12-,17+/m1/s1. The Hall–Kier alpha value is -0.960. The number of halogens is 2. The Bertz CT molecular complexity index is 505. The maximum absolute atomic E-state index is 13.8. The van der Waals surface area contributed by atoms with E-state index in [4.69, 9.17) is 0 Å². The molecule has 1 nitrogen and oxygen atoms in total. The Morgan fingerprint density at radius 3 is 2.45 bits per heavy atom. The molecule has 0 N–H and O–H groups in total. The van der Waals surface area contributed by atoms with Gasteiger partial charge < -0.3 is 0 Å². The third kappa shape index (κ3) is 2.48. The summed E-state index contributed by atoms with van der Waals surface area (Å²) in [5.41, 5.74) is 0.857.